The third-order valence-corrected chi connectivity index (χ3v) is 2.24. The molecule has 1 aliphatic heterocycles. The molecule has 0 spiro atoms. The van der Waals surface area contributed by atoms with Crippen LogP contribution in [0.5, 0.6) is 5.75 Å². The van der Waals surface area contributed by atoms with E-state index >= 15 is 0 Å². The van der Waals surface area contributed by atoms with Gasteiger partial charge >= 0.3 is 0 Å². The number of fused-ring (bicyclic) bond motifs is 1. The molecule has 2 N–H and O–H groups in total. The zero-order chi connectivity index (χ0) is 8.55. The van der Waals surface area contributed by atoms with Crippen molar-refractivity contribution in [3.8, 4) is 5.75 Å². The summed E-state index contributed by atoms with van der Waals surface area (Å²) in [4.78, 5) is 0. The highest BCUT2D eigenvalue weighted by atomic mass is 16.5. The third kappa shape index (κ3) is 1.18. The maximum Gasteiger partial charge on any atom is 0.122 e. The Labute approximate surface area is 72.3 Å². The van der Waals surface area contributed by atoms with Crippen molar-refractivity contribution in [2.24, 2.45) is 5.73 Å². The quantitative estimate of drug-likeness (QED) is 0.683. The summed E-state index contributed by atoms with van der Waals surface area (Å²) in [6.45, 7) is 2.81. The molecule has 0 amide bonds. The van der Waals surface area contributed by atoms with Crippen molar-refractivity contribution >= 4 is 0 Å². The highest BCUT2D eigenvalue weighted by molar-refractivity contribution is 5.40. The first-order chi connectivity index (χ1) is 5.77. The molecule has 1 aliphatic rings. The van der Waals surface area contributed by atoms with Gasteiger partial charge < -0.3 is 10.5 Å². The van der Waals surface area contributed by atoms with Gasteiger partial charge in [-0.1, -0.05) is 12.1 Å². The van der Waals surface area contributed by atoms with Crippen molar-refractivity contribution in [3.05, 3.63) is 29.3 Å². The van der Waals surface area contributed by atoms with Crippen LogP contribution in [0.2, 0.25) is 0 Å². The van der Waals surface area contributed by atoms with Gasteiger partial charge in [-0.15, -0.1) is 0 Å². The summed E-state index contributed by atoms with van der Waals surface area (Å²) in [7, 11) is 0. The van der Waals surface area contributed by atoms with Gasteiger partial charge in [-0.25, -0.2) is 0 Å². The van der Waals surface area contributed by atoms with E-state index in [1.165, 1.54) is 11.1 Å². The van der Waals surface area contributed by atoms with Crippen molar-refractivity contribution in [1.82, 2.24) is 0 Å². The SMILES string of the molecule is C[C@H](N)c1ccc2c(c1)CCO2. The Morgan fingerprint density at radius 2 is 2.33 bits per heavy atom. The van der Waals surface area contributed by atoms with Gasteiger partial charge in [-0.2, -0.15) is 0 Å². The molecule has 0 fully saturated rings. The van der Waals surface area contributed by atoms with Crippen LogP contribution in [0.3, 0.4) is 0 Å². The van der Waals surface area contributed by atoms with E-state index in [9.17, 15) is 0 Å². The second-order valence-electron chi connectivity index (χ2n) is 3.25. The van der Waals surface area contributed by atoms with Crippen LogP contribution in [0, 0.1) is 0 Å². The lowest BCUT2D eigenvalue weighted by atomic mass is 10.0. The van der Waals surface area contributed by atoms with E-state index < -0.39 is 0 Å². The maximum absolute atomic E-state index is 5.77. The van der Waals surface area contributed by atoms with Gasteiger partial charge in [0, 0.05) is 12.5 Å². The molecule has 0 aromatic heterocycles. The van der Waals surface area contributed by atoms with Crippen LogP contribution in [0.15, 0.2) is 18.2 Å². The van der Waals surface area contributed by atoms with Crippen LogP contribution in [0.1, 0.15) is 24.1 Å². The Morgan fingerprint density at radius 3 is 3.08 bits per heavy atom. The molecular weight excluding hydrogens is 150 g/mol. The summed E-state index contributed by atoms with van der Waals surface area (Å²) in [5.41, 5.74) is 8.26. The van der Waals surface area contributed by atoms with Crippen LogP contribution in [0.25, 0.3) is 0 Å². The second-order valence-corrected chi connectivity index (χ2v) is 3.25. The van der Waals surface area contributed by atoms with E-state index in [0.717, 1.165) is 18.8 Å². The number of benzene rings is 1. The average molecular weight is 163 g/mol. The first kappa shape index (κ1) is 7.62. The van der Waals surface area contributed by atoms with Crippen LogP contribution < -0.4 is 10.5 Å². The van der Waals surface area contributed by atoms with Crippen molar-refractivity contribution in [1.29, 1.82) is 0 Å². The molecule has 1 heterocycles. The van der Waals surface area contributed by atoms with Crippen LogP contribution >= 0.6 is 0 Å². The van der Waals surface area contributed by atoms with E-state index in [-0.39, 0.29) is 6.04 Å². The Kier molecular flexibility index (Phi) is 1.77. The number of hydrogen-bond acceptors (Lipinski definition) is 2. The summed E-state index contributed by atoms with van der Waals surface area (Å²) >= 11 is 0. The van der Waals surface area contributed by atoms with E-state index in [1.807, 2.05) is 19.1 Å². The smallest absolute Gasteiger partial charge is 0.122 e. The molecule has 0 aliphatic carbocycles. The zero-order valence-electron chi connectivity index (χ0n) is 7.21. The van der Waals surface area contributed by atoms with Gasteiger partial charge in [0.05, 0.1) is 6.61 Å². The van der Waals surface area contributed by atoms with Gasteiger partial charge in [-0.3, -0.25) is 0 Å². The molecule has 2 rings (SSSR count). The minimum atomic E-state index is 0.121. The lowest BCUT2D eigenvalue weighted by molar-refractivity contribution is 0.357. The molecule has 1 atom stereocenters. The van der Waals surface area contributed by atoms with Crippen LogP contribution in [0.4, 0.5) is 0 Å². The first-order valence-electron chi connectivity index (χ1n) is 4.28. The number of rotatable bonds is 1. The Bertz CT molecular complexity index is 294. The molecule has 2 nitrogen and oxygen atoms in total. The molecule has 0 unspecified atom stereocenters. The summed E-state index contributed by atoms with van der Waals surface area (Å²) in [5.74, 6) is 1.03. The van der Waals surface area contributed by atoms with E-state index in [4.69, 9.17) is 10.5 Å². The van der Waals surface area contributed by atoms with Gasteiger partial charge in [0.25, 0.3) is 0 Å². The Balaban J connectivity index is 2.39. The summed E-state index contributed by atoms with van der Waals surface area (Å²) < 4.78 is 5.39. The fourth-order valence-electron chi connectivity index (χ4n) is 1.49. The fraction of sp³-hybridized carbons (Fsp3) is 0.400. The second kappa shape index (κ2) is 2.79. The molecule has 12 heavy (non-hydrogen) atoms. The van der Waals surface area contributed by atoms with Crippen molar-refractivity contribution < 1.29 is 4.74 Å². The van der Waals surface area contributed by atoms with E-state index in [0.29, 0.717) is 0 Å². The van der Waals surface area contributed by atoms with Crippen LogP contribution in [-0.2, 0) is 6.42 Å². The third-order valence-electron chi connectivity index (χ3n) is 2.24. The highest BCUT2D eigenvalue weighted by Gasteiger charge is 2.12. The maximum atomic E-state index is 5.77. The van der Waals surface area contributed by atoms with Crippen molar-refractivity contribution in [2.75, 3.05) is 6.61 Å². The molecule has 1 aromatic carbocycles. The largest absolute Gasteiger partial charge is 0.493 e. The Hall–Kier alpha value is -1.02. The monoisotopic (exact) mass is 163 g/mol. The zero-order valence-corrected chi connectivity index (χ0v) is 7.21. The molecule has 2 heteroatoms. The number of hydrogen-bond donors (Lipinski definition) is 1. The number of nitrogens with two attached hydrogens (primary N) is 1. The molecular formula is C10H13NO. The molecule has 0 radical (unpaired) electrons. The molecule has 0 bridgehead atoms. The van der Waals surface area contributed by atoms with Gasteiger partial charge in [0.2, 0.25) is 0 Å². The molecule has 0 saturated heterocycles. The minimum Gasteiger partial charge on any atom is -0.493 e. The lowest BCUT2D eigenvalue weighted by Gasteiger charge is -2.06. The summed E-state index contributed by atoms with van der Waals surface area (Å²) in [5, 5.41) is 0. The predicted octanol–water partition coefficient (Wildman–Crippen LogP) is 1.64. The summed E-state index contributed by atoms with van der Waals surface area (Å²) in [6.07, 6.45) is 1.02. The summed E-state index contributed by atoms with van der Waals surface area (Å²) in [6, 6.07) is 6.32. The van der Waals surface area contributed by atoms with Gasteiger partial charge in [0.15, 0.2) is 0 Å². The predicted molar refractivity (Wildman–Crippen MR) is 48.2 cm³/mol. The van der Waals surface area contributed by atoms with Gasteiger partial charge in [-0.05, 0) is 24.1 Å². The fourth-order valence-corrected chi connectivity index (χ4v) is 1.49. The van der Waals surface area contributed by atoms with Crippen LogP contribution in [-0.4, -0.2) is 6.61 Å². The standard InChI is InChI=1S/C10H13NO/c1-7(11)8-2-3-10-9(6-8)4-5-12-10/h2-3,6-7H,4-5,11H2,1H3/t7-/m0/s1. The average Bonchev–Trinajstić information content (AvgIpc) is 2.49. The molecule has 1 aromatic rings. The van der Waals surface area contributed by atoms with Gasteiger partial charge in [0.1, 0.15) is 5.75 Å². The van der Waals surface area contributed by atoms with Crippen molar-refractivity contribution in [3.63, 3.8) is 0 Å². The molecule has 64 valence electrons. The first-order valence-corrected chi connectivity index (χ1v) is 4.28. The Morgan fingerprint density at radius 1 is 1.50 bits per heavy atom. The lowest BCUT2D eigenvalue weighted by Crippen LogP contribution is -2.04. The number of ether oxygens (including phenoxy) is 1. The minimum absolute atomic E-state index is 0.121. The molecule has 0 saturated carbocycles. The normalized spacial score (nSPS) is 16.8. The van der Waals surface area contributed by atoms with Crippen molar-refractivity contribution in [2.45, 2.75) is 19.4 Å². The van der Waals surface area contributed by atoms with E-state index in [2.05, 4.69) is 6.07 Å². The highest BCUT2D eigenvalue weighted by Crippen LogP contribution is 2.27. The van der Waals surface area contributed by atoms with E-state index in [1.54, 1.807) is 0 Å². The topological polar surface area (TPSA) is 35.2 Å².